The molecule has 0 aliphatic heterocycles. The first-order valence-corrected chi connectivity index (χ1v) is 6.15. The maximum absolute atomic E-state index is 10.2. The topological polar surface area (TPSA) is 38.3 Å². The molecule has 0 spiro atoms. The number of amides is 1. The fourth-order valence-corrected chi connectivity index (χ4v) is 1.72. The zero-order chi connectivity index (χ0) is 12.5. The molecular formula is C14H21NO2. The van der Waals surface area contributed by atoms with E-state index in [1.54, 1.807) is 0 Å². The van der Waals surface area contributed by atoms with Gasteiger partial charge in [-0.2, -0.15) is 0 Å². The van der Waals surface area contributed by atoms with Gasteiger partial charge in [-0.25, -0.2) is 0 Å². The van der Waals surface area contributed by atoms with Gasteiger partial charge in [0.1, 0.15) is 5.75 Å². The molecule has 0 saturated carbocycles. The summed E-state index contributed by atoms with van der Waals surface area (Å²) in [5, 5.41) is 2.71. The fraction of sp³-hybridized carbons (Fsp3) is 0.500. The summed E-state index contributed by atoms with van der Waals surface area (Å²) in [6, 6.07) is 8.10. The highest BCUT2D eigenvalue weighted by molar-refractivity contribution is 5.45. The SMILES string of the molecule is CCCOc1ccccc1C[C@@H](C)CNC=O. The van der Waals surface area contributed by atoms with Crippen LogP contribution in [0.3, 0.4) is 0 Å². The van der Waals surface area contributed by atoms with E-state index in [9.17, 15) is 4.79 Å². The van der Waals surface area contributed by atoms with Crippen molar-refractivity contribution in [3.63, 3.8) is 0 Å². The van der Waals surface area contributed by atoms with Crippen LogP contribution in [0.15, 0.2) is 24.3 Å². The molecular weight excluding hydrogens is 214 g/mol. The molecule has 0 bridgehead atoms. The summed E-state index contributed by atoms with van der Waals surface area (Å²) in [7, 11) is 0. The van der Waals surface area contributed by atoms with Crippen LogP contribution in [-0.4, -0.2) is 19.6 Å². The second-order valence-electron chi connectivity index (χ2n) is 4.29. The molecule has 0 aromatic heterocycles. The van der Waals surface area contributed by atoms with Gasteiger partial charge in [0.25, 0.3) is 0 Å². The van der Waals surface area contributed by atoms with Crippen LogP contribution < -0.4 is 10.1 Å². The average molecular weight is 235 g/mol. The minimum atomic E-state index is 0.409. The molecule has 17 heavy (non-hydrogen) atoms. The van der Waals surface area contributed by atoms with Gasteiger partial charge >= 0.3 is 0 Å². The summed E-state index contributed by atoms with van der Waals surface area (Å²) in [6.45, 7) is 5.66. The van der Waals surface area contributed by atoms with Gasteiger partial charge in [-0.1, -0.05) is 32.0 Å². The van der Waals surface area contributed by atoms with Gasteiger partial charge in [-0.05, 0) is 30.4 Å². The van der Waals surface area contributed by atoms with Crippen molar-refractivity contribution in [3.8, 4) is 5.75 Å². The van der Waals surface area contributed by atoms with E-state index in [-0.39, 0.29) is 0 Å². The first-order valence-electron chi connectivity index (χ1n) is 6.15. The van der Waals surface area contributed by atoms with Crippen LogP contribution >= 0.6 is 0 Å². The molecule has 1 rings (SSSR count). The van der Waals surface area contributed by atoms with Crippen molar-refractivity contribution in [2.45, 2.75) is 26.7 Å². The van der Waals surface area contributed by atoms with E-state index in [0.717, 1.165) is 31.6 Å². The predicted molar refractivity (Wildman–Crippen MR) is 69.2 cm³/mol. The van der Waals surface area contributed by atoms with Crippen molar-refractivity contribution in [2.24, 2.45) is 5.92 Å². The number of ether oxygens (including phenoxy) is 1. The second-order valence-corrected chi connectivity index (χ2v) is 4.29. The van der Waals surface area contributed by atoms with Crippen LogP contribution in [0.4, 0.5) is 0 Å². The van der Waals surface area contributed by atoms with Gasteiger partial charge in [-0.15, -0.1) is 0 Å². The number of hydrogen-bond acceptors (Lipinski definition) is 2. The number of para-hydroxylation sites is 1. The van der Waals surface area contributed by atoms with Crippen molar-refractivity contribution in [1.29, 1.82) is 0 Å². The largest absolute Gasteiger partial charge is 0.493 e. The van der Waals surface area contributed by atoms with E-state index < -0.39 is 0 Å². The van der Waals surface area contributed by atoms with Gasteiger partial charge in [0.15, 0.2) is 0 Å². The van der Waals surface area contributed by atoms with Gasteiger partial charge in [-0.3, -0.25) is 4.79 Å². The summed E-state index contributed by atoms with van der Waals surface area (Å²) >= 11 is 0. The van der Waals surface area contributed by atoms with Gasteiger partial charge in [0, 0.05) is 6.54 Å². The monoisotopic (exact) mass is 235 g/mol. The number of rotatable bonds is 8. The van der Waals surface area contributed by atoms with Gasteiger partial charge < -0.3 is 10.1 Å². The van der Waals surface area contributed by atoms with Crippen LogP contribution in [-0.2, 0) is 11.2 Å². The highest BCUT2D eigenvalue weighted by atomic mass is 16.5. The van der Waals surface area contributed by atoms with Crippen LogP contribution in [0.2, 0.25) is 0 Å². The summed E-state index contributed by atoms with van der Waals surface area (Å²) in [6.07, 6.45) is 2.67. The molecule has 1 N–H and O–H groups in total. The lowest BCUT2D eigenvalue weighted by atomic mass is 10.0. The van der Waals surface area contributed by atoms with Crippen LogP contribution in [0.1, 0.15) is 25.8 Å². The highest BCUT2D eigenvalue weighted by Crippen LogP contribution is 2.21. The summed E-state index contributed by atoms with van der Waals surface area (Å²) in [4.78, 5) is 10.2. The lowest BCUT2D eigenvalue weighted by Crippen LogP contribution is -2.20. The summed E-state index contributed by atoms with van der Waals surface area (Å²) < 4.78 is 5.70. The Labute approximate surface area is 103 Å². The molecule has 0 fully saturated rings. The van der Waals surface area contributed by atoms with E-state index in [1.165, 1.54) is 5.56 Å². The Balaban J connectivity index is 2.58. The summed E-state index contributed by atoms with van der Waals surface area (Å²) in [5.41, 5.74) is 1.21. The minimum Gasteiger partial charge on any atom is -0.493 e. The molecule has 0 radical (unpaired) electrons. The molecule has 1 aromatic rings. The van der Waals surface area contributed by atoms with Crippen molar-refractivity contribution in [1.82, 2.24) is 5.32 Å². The minimum absolute atomic E-state index is 0.409. The lowest BCUT2D eigenvalue weighted by Gasteiger charge is -2.14. The molecule has 0 aliphatic carbocycles. The Morgan fingerprint density at radius 3 is 2.88 bits per heavy atom. The van der Waals surface area contributed by atoms with E-state index >= 15 is 0 Å². The number of hydrogen-bond donors (Lipinski definition) is 1. The Morgan fingerprint density at radius 2 is 2.18 bits per heavy atom. The predicted octanol–water partition coefficient (Wildman–Crippen LogP) is 2.40. The lowest BCUT2D eigenvalue weighted by molar-refractivity contribution is -0.109. The normalized spacial score (nSPS) is 11.9. The Kier molecular flexibility index (Phi) is 6.15. The number of carbonyl (C=O) groups excluding carboxylic acids is 1. The average Bonchev–Trinajstić information content (AvgIpc) is 2.35. The van der Waals surface area contributed by atoms with E-state index in [0.29, 0.717) is 12.5 Å². The molecule has 0 saturated heterocycles. The molecule has 1 atom stereocenters. The van der Waals surface area contributed by atoms with Crippen molar-refractivity contribution >= 4 is 6.41 Å². The Hall–Kier alpha value is -1.51. The third kappa shape index (κ3) is 4.89. The van der Waals surface area contributed by atoms with Gasteiger partial charge in [0.2, 0.25) is 6.41 Å². The molecule has 0 heterocycles. The van der Waals surface area contributed by atoms with Crippen LogP contribution in [0.5, 0.6) is 5.75 Å². The first kappa shape index (κ1) is 13.6. The fourth-order valence-electron chi connectivity index (χ4n) is 1.72. The van der Waals surface area contributed by atoms with Crippen LogP contribution in [0.25, 0.3) is 0 Å². The summed E-state index contributed by atoms with van der Waals surface area (Å²) in [5.74, 6) is 1.37. The quantitative estimate of drug-likeness (QED) is 0.703. The number of benzene rings is 1. The Morgan fingerprint density at radius 1 is 1.41 bits per heavy atom. The smallest absolute Gasteiger partial charge is 0.207 e. The van der Waals surface area contributed by atoms with Gasteiger partial charge in [0.05, 0.1) is 6.61 Å². The molecule has 3 nitrogen and oxygen atoms in total. The van der Waals surface area contributed by atoms with Crippen molar-refractivity contribution < 1.29 is 9.53 Å². The third-order valence-corrected chi connectivity index (χ3v) is 2.55. The molecule has 1 amide bonds. The first-order chi connectivity index (χ1) is 8.27. The maximum Gasteiger partial charge on any atom is 0.207 e. The molecule has 0 unspecified atom stereocenters. The zero-order valence-electron chi connectivity index (χ0n) is 10.6. The Bertz CT molecular complexity index is 339. The van der Waals surface area contributed by atoms with E-state index in [1.807, 2.05) is 18.2 Å². The van der Waals surface area contributed by atoms with Crippen LogP contribution in [0, 0.1) is 5.92 Å². The van der Waals surface area contributed by atoms with E-state index in [2.05, 4.69) is 25.2 Å². The zero-order valence-corrected chi connectivity index (χ0v) is 10.6. The maximum atomic E-state index is 10.2. The molecule has 3 heteroatoms. The number of nitrogens with one attached hydrogen (secondary N) is 1. The highest BCUT2D eigenvalue weighted by Gasteiger charge is 2.07. The van der Waals surface area contributed by atoms with Crippen molar-refractivity contribution in [3.05, 3.63) is 29.8 Å². The second kappa shape index (κ2) is 7.71. The van der Waals surface area contributed by atoms with E-state index in [4.69, 9.17) is 4.74 Å². The molecule has 94 valence electrons. The third-order valence-electron chi connectivity index (χ3n) is 2.55. The molecule has 0 aliphatic rings. The number of carbonyl (C=O) groups is 1. The van der Waals surface area contributed by atoms with Crippen molar-refractivity contribution in [2.75, 3.05) is 13.2 Å². The standard InChI is InChI=1S/C14H21NO2/c1-3-8-17-14-7-5-4-6-13(14)9-12(2)10-15-11-16/h4-7,11-12H,3,8-10H2,1-2H3,(H,15,16)/t12-/m1/s1. The molecule has 1 aromatic carbocycles.